The first-order valence-electron chi connectivity index (χ1n) is 27.8. The van der Waals surface area contributed by atoms with Crippen LogP contribution in [0.3, 0.4) is 0 Å². The number of benzene rings is 3. The van der Waals surface area contributed by atoms with Crippen LogP contribution in [0, 0.1) is 5.92 Å². The molecule has 2 saturated carbocycles. The number of fused-ring (bicyclic) bond motifs is 1. The number of ether oxygens (including phenoxy) is 5. The first-order chi connectivity index (χ1) is 37.7. The zero-order chi connectivity index (χ0) is 53.3. The molecule has 1 unspecified atom stereocenters. The van der Waals surface area contributed by atoms with Crippen LogP contribution in [0.4, 0.5) is 11.8 Å². The van der Waals surface area contributed by atoms with E-state index in [-0.39, 0.29) is 42.0 Å². The highest BCUT2D eigenvalue weighted by Gasteiger charge is 2.40. The number of rotatable bonds is 27. The van der Waals surface area contributed by atoms with E-state index >= 15 is 0 Å². The molecule has 1 saturated heterocycles. The van der Waals surface area contributed by atoms with Crippen molar-refractivity contribution in [2.75, 3.05) is 90.8 Å². The molecule has 77 heavy (non-hydrogen) atoms. The number of amides is 2. The van der Waals surface area contributed by atoms with Crippen LogP contribution in [-0.4, -0.2) is 146 Å². The summed E-state index contributed by atoms with van der Waals surface area (Å²) >= 11 is 1.60. The molecule has 4 heterocycles. The van der Waals surface area contributed by atoms with Crippen LogP contribution >= 0.6 is 11.3 Å². The molecular weight excluding hydrogens is 993 g/mol. The molecule has 3 aromatic carbocycles. The van der Waals surface area contributed by atoms with E-state index in [1.807, 2.05) is 85.5 Å². The summed E-state index contributed by atoms with van der Waals surface area (Å²) in [6, 6.07) is 23.9. The molecule has 2 amide bonds. The minimum atomic E-state index is -0.523. The molecule has 6 aromatic rings. The van der Waals surface area contributed by atoms with E-state index < -0.39 is 6.04 Å². The number of nitrogens with zero attached hydrogens (tertiary/aromatic N) is 7. The van der Waals surface area contributed by atoms with Crippen LogP contribution in [0.15, 0.2) is 90.6 Å². The molecule has 3 atom stereocenters. The second kappa shape index (κ2) is 28.0. The predicted molar refractivity (Wildman–Crippen MR) is 302 cm³/mol. The third-order valence-electron chi connectivity index (χ3n) is 15.2. The SMILES string of the molecule is CN[C@@H](C)C(=O)NC(C(=O)N1CCC[C@H]1c1nc(-c2ccc(OCCOCCOCCOCCOC3CCC(Nc4nccc(-c5cnn(Cc6ccccc6)c5N(C)C)n4)CC3)c3ccccc23)cs1)C1CCCCC1. The van der Waals surface area contributed by atoms with Gasteiger partial charge in [-0.25, -0.2) is 19.6 Å². The summed E-state index contributed by atoms with van der Waals surface area (Å²) in [6.45, 7) is 6.99. The molecule has 9 rings (SSSR count). The molecule has 1 aliphatic heterocycles. The molecule has 412 valence electrons. The Morgan fingerprint density at radius 1 is 0.753 bits per heavy atom. The number of carbonyl (C=O) groups is 2. The number of likely N-dealkylation sites (N-methyl/N-ethyl adjacent to an activating group) is 1. The fraction of sp³-hybridized carbons (Fsp3) is 0.525. The summed E-state index contributed by atoms with van der Waals surface area (Å²) < 4.78 is 31.8. The maximum Gasteiger partial charge on any atom is 0.246 e. The summed E-state index contributed by atoms with van der Waals surface area (Å²) in [7, 11) is 5.84. The molecule has 2 aliphatic carbocycles. The summed E-state index contributed by atoms with van der Waals surface area (Å²) in [5, 5.41) is 19.5. The zero-order valence-electron chi connectivity index (χ0n) is 45.4. The van der Waals surface area contributed by atoms with Crippen molar-refractivity contribution < 1.29 is 33.3 Å². The lowest BCUT2D eigenvalue weighted by molar-refractivity contribution is -0.139. The largest absolute Gasteiger partial charge is 0.491 e. The van der Waals surface area contributed by atoms with Crippen LogP contribution in [-0.2, 0) is 35.1 Å². The lowest BCUT2D eigenvalue weighted by Crippen LogP contribution is -2.55. The average molecular weight is 1070 g/mol. The van der Waals surface area contributed by atoms with Gasteiger partial charge in [0, 0.05) is 49.2 Å². The second-order valence-electron chi connectivity index (χ2n) is 20.7. The topological polar surface area (TPSA) is 179 Å². The van der Waals surface area contributed by atoms with Crippen molar-refractivity contribution in [2.24, 2.45) is 5.92 Å². The molecule has 3 N–H and O–H groups in total. The first-order valence-corrected chi connectivity index (χ1v) is 28.7. The van der Waals surface area contributed by atoms with Crippen LogP contribution in [0.5, 0.6) is 5.75 Å². The lowest BCUT2D eigenvalue weighted by Gasteiger charge is -2.35. The third kappa shape index (κ3) is 14.8. The van der Waals surface area contributed by atoms with Gasteiger partial charge in [0.2, 0.25) is 17.8 Å². The highest BCUT2D eigenvalue weighted by molar-refractivity contribution is 7.10. The van der Waals surface area contributed by atoms with Gasteiger partial charge in [-0.3, -0.25) is 9.59 Å². The average Bonchev–Trinajstić information content (AvgIpc) is 4.27. The van der Waals surface area contributed by atoms with Crippen LogP contribution < -0.4 is 25.6 Å². The maximum absolute atomic E-state index is 14.4. The smallest absolute Gasteiger partial charge is 0.246 e. The van der Waals surface area contributed by atoms with E-state index in [9.17, 15) is 9.59 Å². The normalized spacial score (nSPS) is 18.8. The van der Waals surface area contributed by atoms with E-state index in [1.165, 1.54) is 12.0 Å². The van der Waals surface area contributed by atoms with Crippen molar-refractivity contribution in [1.29, 1.82) is 0 Å². The molecule has 3 aliphatic rings. The number of hydrogen-bond donors (Lipinski definition) is 3. The Bertz CT molecular complexity index is 2800. The number of anilines is 2. The van der Waals surface area contributed by atoms with Gasteiger partial charge in [0.15, 0.2) is 0 Å². The monoisotopic (exact) mass is 1070 g/mol. The summed E-state index contributed by atoms with van der Waals surface area (Å²) in [5.41, 5.74) is 4.90. The fourth-order valence-corrected chi connectivity index (χ4v) is 11.9. The van der Waals surface area contributed by atoms with Gasteiger partial charge in [0.05, 0.1) is 94.1 Å². The Hall–Kier alpha value is -6.02. The van der Waals surface area contributed by atoms with Gasteiger partial charge < -0.3 is 49.4 Å². The number of carbonyl (C=O) groups excluding carboxylic acids is 2. The molecule has 0 radical (unpaired) electrons. The van der Waals surface area contributed by atoms with Crippen molar-refractivity contribution in [3.05, 3.63) is 101 Å². The highest BCUT2D eigenvalue weighted by Crippen LogP contribution is 2.40. The Kier molecular flexibility index (Phi) is 20.3. The Morgan fingerprint density at radius 2 is 1.47 bits per heavy atom. The van der Waals surface area contributed by atoms with E-state index in [2.05, 4.69) is 61.5 Å². The number of nitrogens with one attached hydrogen (secondary N) is 3. The van der Waals surface area contributed by atoms with E-state index in [1.54, 1.807) is 18.4 Å². The summed E-state index contributed by atoms with van der Waals surface area (Å²) in [6.07, 6.45) is 14.8. The molecule has 18 heteroatoms. The Labute approximate surface area is 457 Å². The quantitative estimate of drug-likeness (QED) is 0.0416. The van der Waals surface area contributed by atoms with Gasteiger partial charge in [0.25, 0.3) is 0 Å². The van der Waals surface area contributed by atoms with Crippen molar-refractivity contribution in [2.45, 2.75) is 114 Å². The van der Waals surface area contributed by atoms with Gasteiger partial charge >= 0.3 is 0 Å². The van der Waals surface area contributed by atoms with Crippen LogP contribution in [0.25, 0.3) is 33.3 Å². The minimum Gasteiger partial charge on any atom is -0.491 e. The maximum atomic E-state index is 14.4. The minimum absolute atomic E-state index is 0.0217. The lowest BCUT2D eigenvalue weighted by atomic mass is 9.83. The molecule has 3 aromatic heterocycles. The summed E-state index contributed by atoms with van der Waals surface area (Å²) in [5.74, 6) is 2.45. The molecule has 17 nitrogen and oxygen atoms in total. The molecule has 3 fully saturated rings. The van der Waals surface area contributed by atoms with Crippen molar-refractivity contribution >= 4 is 45.7 Å². The second-order valence-corrected chi connectivity index (χ2v) is 21.6. The Balaban J connectivity index is 0.641. The van der Waals surface area contributed by atoms with Gasteiger partial charge in [-0.05, 0) is 100 Å². The Morgan fingerprint density at radius 3 is 2.21 bits per heavy atom. The van der Waals surface area contributed by atoms with E-state index in [4.69, 9.17) is 38.8 Å². The van der Waals surface area contributed by atoms with Crippen molar-refractivity contribution in [3.8, 4) is 28.3 Å². The number of likely N-dealkylation sites (tertiary alicyclic amines) is 1. The number of aromatic nitrogens is 5. The fourth-order valence-electron chi connectivity index (χ4n) is 11.0. The van der Waals surface area contributed by atoms with Crippen molar-refractivity contribution in [1.82, 2.24) is 40.3 Å². The molecule has 0 spiro atoms. The predicted octanol–water partition coefficient (Wildman–Crippen LogP) is 8.94. The molecular formula is C59H78N10O7S. The standard InChI is InChI=1S/C59H78N10O7S/c1-41(60-2)55(70)66-54(43-16-9-6-10-17-43)58(71)68-29-13-20-52(68)56-64-51(40-77-56)47-25-26-53(48-19-12-11-18-46(47)48)76-37-35-74-33-31-72-30-32-73-34-36-75-45-23-21-44(22-24-45)63-59-61-28-27-50(65-59)49-38-62-69(57(49)67(3)4)39-42-14-7-5-8-15-42/h5,7-8,11-12,14-15,18-19,25-28,38,40-41,43-45,52,54,60H,6,9-10,13,16-17,20-24,29-37,39H2,1-4H3,(H,66,70)(H,61,63,65)/t41-,44?,45?,52-,54?/m0/s1. The first kappa shape index (κ1) is 55.7. The van der Waals surface area contributed by atoms with E-state index in [0.29, 0.717) is 71.9 Å². The summed E-state index contributed by atoms with van der Waals surface area (Å²) in [4.78, 5) is 46.1. The third-order valence-corrected chi connectivity index (χ3v) is 16.1. The molecule has 0 bridgehead atoms. The van der Waals surface area contributed by atoms with Crippen LogP contribution in [0.1, 0.15) is 94.2 Å². The van der Waals surface area contributed by atoms with Crippen LogP contribution in [0.2, 0.25) is 0 Å². The van der Waals surface area contributed by atoms with Gasteiger partial charge in [-0.15, -0.1) is 11.3 Å². The van der Waals surface area contributed by atoms with E-state index in [0.717, 1.165) is 114 Å². The van der Waals surface area contributed by atoms with Gasteiger partial charge in [0.1, 0.15) is 29.2 Å². The zero-order valence-corrected chi connectivity index (χ0v) is 46.2. The van der Waals surface area contributed by atoms with Gasteiger partial charge in [-0.2, -0.15) is 5.10 Å². The van der Waals surface area contributed by atoms with Crippen molar-refractivity contribution in [3.63, 3.8) is 0 Å². The highest BCUT2D eigenvalue weighted by atomic mass is 32.1. The number of thiazole rings is 1. The van der Waals surface area contributed by atoms with Gasteiger partial charge in [-0.1, -0.05) is 73.9 Å². The number of hydrogen-bond acceptors (Lipinski definition) is 15.